The van der Waals surface area contributed by atoms with E-state index in [1.165, 1.54) is 18.7 Å². The molecule has 0 saturated carbocycles. The molecule has 0 heterocycles. The number of anilines is 1. The third-order valence-corrected chi connectivity index (χ3v) is 4.36. The second-order valence-corrected chi connectivity index (χ2v) is 6.39. The second kappa shape index (κ2) is 8.69. The van der Waals surface area contributed by atoms with Gasteiger partial charge < -0.3 is 10.1 Å². The molecule has 130 valence electrons. The molecule has 0 unspecified atom stereocenters. The van der Waals surface area contributed by atoms with Crippen LogP contribution in [0.5, 0.6) is 0 Å². The summed E-state index contributed by atoms with van der Waals surface area (Å²) in [6.45, 7) is 1.03. The van der Waals surface area contributed by atoms with Crippen LogP contribution in [0, 0.1) is 0 Å². The van der Waals surface area contributed by atoms with Gasteiger partial charge in [-0.25, -0.2) is 4.79 Å². The zero-order chi connectivity index (χ0) is 18.4. The fourth-order valence-electron chi connectivity index (χ4n) is 1.98. The van der Waals surface area contributed by atoms with Gasteiger partial charge in [0.05, 0.1) is 10.6 Å². The highest BCUT2D eigenvalue weighted by atomic mass is 35.5. The number of amides is 1. The highest BCUT2D eigenvalue weighted by Crippen LogP contribution is 2.23. The molecule has 0 aliphatic carbocycles. The molecule has 0 aromatic heterocycles. The first kappa shape index (κ1) is 19.0. The number of benzene rings is 2. The summed E-state index contributed by atoms with van der Waals surface area (Å²) in [5, 5.41) is 2.85. The van der Waals surface area contributed by atoms with Crippen molar-refractivity contribution in [3.05, 3.63) is 58.6 Å². The Morgan fingerprint density at radius 3 is 2.40 bits per heavy atom. The third kappa shape index (κ3) is 5.34. The van der Waals surface area contributed by atoms with Crippen LogP contribution in [-0.4, -0.2) is 30.5 Å². The van der Waals surface area contributed by atoms with Gasteiger partial charge in [-0.1, -0.05) is 11.6 Å². The van der Waals surface area contributed by atoms with Crippen LogP contribution in [0.1, 0.15) is 27.6 Å². The maximum Gasteiger partial charge on any atom is 0.340 e. The number of ketones is 1. The Labute approximate surface area is 154 Å². The minimum Gasteiger partial charge on any atom is -0.452 e. The van der Waals surface area contributed by atoms with Crippen molar-refractivity contribution >= 4 is 46.7 Å². The standard InChI is InChI=1S/C18H16ClNO4S/c1-11(21)12-3-5-13(6-4-12)20-17(22)10-24-18(23)15-9-14(25-2)7-8-16(15)19/h3-9H,10H2,1-2H3,(H,20,22). The maximum atomic E-state index is 12.1. The van der Waals surface area contributed by atoms with Crippen molar-refractivity contribution in [1.82, 2.24) is 0 Å². The summed E-state index contributed by atoms with van der Waals surface area (Å²) >= 11 is 7.46. The monoisotopic (exact) mass is 377 g/mol. The van der Waals surface area contributed by atoms with E-state index in [-0.39, 0.29) is 16.4 Å². The van der Waals surface area contributed by atoms with Gasteiger partial charge in [0.2, 0.25) is 0 Å². The molecule has 0 bridgehead atoms. The fourth-order valence-corrected chi connectivity index (χ4v) is 2.62. The van der Waals surface area contributed by atoms with E-state index in [2.05, 4.69) is 5.32 Å². The molecule has 2 aromatic carbocycles. The molecule has 7 heteroatoms. The molecule has 0 fully saturated rings. The minimum atomic E-state index is -0.664. The summed E-state index contributed by atoms with van der Waals surface area (Å²) in [6.07, 6.45) is 1.88. The number of rotatable bonds is 6. The summed E-state index contributed by atoms with van der Waals surface area (Å²) in [5.41, 5.74) is 1.27. The summed E-state index contributed by atoms with van der Waals surface area (Å²) in [7, 11) is 0. The molecule has 0 saturated heterocycles. The molecule has 5 nitrogen and oxygen atoms in total. The van der Waals surface area contributed by atoms with Crippen molar-refractivity contribution in [3.8, 4) is 0 Å². The summed E-state index contributed by atoms with van der Waals surface area (Å²) in [6, 6.07) is 11.5. The number of carbonyl (C=O) groups is 3. The van der Waals surface area contributed by atoms with E-state index >= 15 is 0 Å². The SMILES string of the molecule is CSc1ccc(Cl)c(C(=O)OCC(=O)Nc2ccc(C(C)=O)cc2)c1. The molecule has 0 aliphatic rings. The van der Waals surface area contributed by atoms with Gasteiger partial charge in [-0.05, 0) is 55.6 Å². The molecular formula is C18H16ClNO4S. The smallest absolute Gasteiger partial charge is 0.340 e. The lowest BCUT2D eigenvalue weighted by Crippen LogP contribution is -2.21. The highest BCUT2D eigenvalue weighted by molar-refractivity contribution is 7.98. The van der Waals surface area contributed by atoms with Crippen LogP contribution in [0.2, 0.25) is 5.02 Å². The van der Waals surface area contributed by atoms with Crippen LogP contribution >= 0.6 is 23.4 Å². The van der Waals surface area contributed by atoms with Gasteiger partial charge in [-0.3, -0.25) is 9.59 Å². The van der Waals surface area contributed by atoms with Crippen LogP contribution < -0.4 is 5.32 Å². The number of halogens is 1. The molecule has 0 atom stereocenters. The molecular weight excluding hydrogens is 362 g/mol. The number of esters is 1. The van der Waals surface area contributed by atoms with Crippen LogP contribution in [0.3, 0.4) is 0 Å². The van der Waals surface area contributed by atoms with E-state index in [0.29, 0.717) is 11.3 Å². The number of hydrogen-bond acceptors (Lipinski definition) is 5. The lowest BCUT2D eigenvalue weighted by Gasteiger charge is -2.08. The summed E-state index contributed by atoms with van der Waals surface area (Å²) in [5.74, 6) is -1.21. The predicted molar refractivity (Wildman–Crippen MR) is 98.6 cm³/mol. The summed E-state index contributed by atoms with van der Waals surface area (Å²) in [4.78, 5) is 36.0. The fraction of sp³-hybridized carbons (Fsp3) is 0.167. The molecule has 2 rings (SSSR count). The Morgan fingerprint density at radius 2 is 1.80 bits per heavy atom. The van der Waals surface area contributed by atoms with Crippen molar-refractivity contribution in [2.75, 3.05) is 18.2 Å². The summed E-state index contributed by atoms with van der Waals surface area (Å²) < 4.78 is 5.01. The number of thioether (sulfide) groups is 1. The second-order valence-electron chi connectivity index (χ2n) is 5.10. The Hall–Kier alpha value is -2.31. The lowest BCUT2D eigenvalue weighted by atomic mass is 10.1. The van der Waals surface area contributed by atoms with Crippen LogP contribution in [0.25, 0.3) is 0 Å². The Balaban J connectivity index is 1.93. The van der Waals surface area contributed by atoms with Crippen LogP contribution in [0.4, 0.5) is 5.69 Å². The van der Waals surface area contributed by atoms with Gasteiger partial charge in [-0.15, -0.1) is 11.8 Å². The number of nitrogens with one attached hydrogen (secondary N) is 1. The van der Waals surface area contributed by atoms with Crippen molar-refractivity contribution in [1.29, 1.82) is 0 Å². The van der Waals surface area contributed by atoms with Crippen molar-refractivity contribution in [3.63, 3.8) is 0 Å². The number of Topliss-reactive ketones (excluding diaryl/α,β-unsaturated/α-hetero) is 1. The van der Waals surface area contributed by atoms with Gasteiger partial charge in [-0.2, -0.15) is 0 Å². The Morgan fingerprint density at radius 1 is 1.12 bits per heavy atom. The first-order valence-corrected chi connectivity index (χ1v) is 8.92. The van der Waals surface area contributed by atoms with Gasteiger partial charge >= 0.3 is 5.97 Å². The van der Waals surface area contributed by atoms with E-state index < -0.39 is 18.5 Å². The van der Waals surface area contributed by atoms with Gasteiger partial charge in [0, 0.05) is 16.1 Å². The number of hydrogen-bond donors (Lipinski definition) is 1. The Kier molecular flexibility index (Phi) is 6.61. The van der Waals surface area contributed by atoms with E-state index in [4.69, 9.17) is 16.3 Å². The molecule has 0 aliphatic heterocycles. The third-order valence-electron chi connectivity index (χ3n) is 3.30. The van der Waals surface area contributed by atoms with Crippen LogP contribution in [-0.2, 0) is 9.53 Å². The maximum absolute atomic E-state index is 12.1. The quantitative estimate of drug-likeness (QED) is 0.467. The first-order chi connectivity index (χ1) is 11.9. The van der Waals surface area contributed by atoms with Gasteiger partial charge in [0.25, 0.3) is 5.91 Å². The number of carbonyl (C=O) groups excluding carboxylic acids is 3. The van der Waals surface area contributed by atoms with Gasteiger partial charge in [0.1, 0.15) is 0 Å². The number of ether oxygens (including phenoxy) is 1. The largest absolute Gasteiger partial charge is 0.452 e. The van der Waals surface area contributed by atoms with E-state index in [0.717, 1.165) is 4.90 Å². The minimum absolute atomic E-state index is 0.0591. The molecule has 1 N–H and O–H groups in total. The molecule has 0 radical (unpaired) electrons. The van der Waals surface area contributed by atoms with Crippen molar-refractivity contribution in [2.45, 2.75) is 11.8 Å². The molecule has 25 heavy (non-hydrogen) atoms. The van der Waals surface area contributed by atoms with E-state index in [9.17, 15) is 14.4 Å². The normalized spacial score (nSPS) is 10.2. The molecule has 2 aromatic rings. The zero-order valence-corrected chi connectivity index (χ0v) is 15.2. The highest BCUT2D eigenvalue weighted by Gasteiger charge is 2.14. The van der Waals surface area contributed by atoms with Crippen molar-refractivity contribution in [2.24, 2.45) is 0 Å². The van der Waals surface area contributed by atoms with Crippen LogP contribution in [0.15, 0.2) is 47.4 Å². The average Bonchev–Trinajstić information content (AvgIpc) is 2.60. The topological polar surface area (TPSA) is 72.5 Å². The Bertz CT molecular complexity index is 805. The molecule has 0 spiro atoms. The average molecular weight is 378 g/mol. The lowest BCUT2D eigenvalue weighted by molar-refractivity contribution is -0.119. The predicted octanol–water partition coefficient (Wildman–Crippen LogP) is 4.06. The first-order valence-electron chi connectivity index (χ1n) is 7.32. The zero-order valence-electron chi connectivity index (χ0n) is 13.7. The van der Waals surface area contributed by atoms with E-state index in [1.54, 1.807) is 42.5 Å². The van der Waals surface area contributed by atoms with Gasteiger partial charge in [0.15, 0.2) is 12.4 Å². The van der Waals surface area contributed by atoms with E-state index in [1.807, 2.05) is 6.26 Å². The van der Waals surface area contributed by atoms with Crippen molar-refractivity contribution < 1.29 is 19.1 Å². The molecule has 1 amide bonds.